The van der Waals surface area contributed by atoms with E-state index in [0.717, 1.165) is 24.2 Å². The minimum Gasteiger partial charge on any atom is -0.481 e. The van der Waals surface area contributed by atoms with Crippen molar-refractivity contribution >= 4 is 23.3 Å². The van der Waals surface area contributed by atoms with Crippen molar-refractivity contribution in [3.8, 4) is 0 Å². The number of rotatable bonds is 6. The zero-order chi connectivity index (χ0) is 14.4. The topological polar surface area (TPSA) is 78.4 Å². The highest BCUT2D eigenvalue weighted by Crippen LogP contribution is 2.27. The Labute approximate surface area is 118 Å². The fraction of sp³-hybridized carbons (Fsp3) is 0.467. The molecule has 0 unspecified atom stereocenters. The Morgan fingerprint density at radius 3 is 2.40 bits per heavy atom. The average Bonchev–Trinajstić information content (AvgIpc) is 2.92. The number of amides is 1. The van der Waals surface area contributed by atoms with Gasteiger partial charge in [-0.15, -0.1) is 0 Å². The maximum absolute atomic E-state index is 11.7. The van der Waals surface area contributed by atoms with E-state index in [-0.39, 0.29) is 18.7 Å². The van der Waals surface area contributed by atoms with Crippen LogP contribution in [-0.2, 0) is 9.59 Å². The zero-order valence-corrected chi connectivity index (χ0v) is 11.4. The highest BCUT2D eigenvalue weighted by molar-refractivity contribution is 5.95. The highest BCUT2D eigenvalue weighted by atomic mass is 16.4. The number of nitrogens with one attached hydrogen (secondary N) is 2. The van der Waals surface area contributed by atoms with Gasteiger partial charge < -0.3 is 15.7 Å². The van der Waals surface area contributed by atoms with Crippen LogP contribution in [0.4, 0.5) is 11.4 Å². The van der Waals surface area contributed by atoms with E-state index in [0.29, 0.717) is 6.04 Å². The van der Waals surface area contributed by atoms with Crippen LogP contribution in [0.25, 0.3) is 0 Å². The summed E-state index contributed by atoms with van der Waals surface area (Å²) in [6.45, 7) is 0. The van der Waals surface area contributed by atoms with Crippen LogP contribution in [-0.4, -0.2) is 23.0 Å². The molecule has 2 rings (SSSR count). The molecule has 1 aliphatic rings. The van der Waals surface area contributed by atoms with Crippen LogP contribution in [0.1, 0.15) is 38.5 Å². The fourth-order valence-electron chi connectivity index (χ4n) is 2.44. The van der Waals surface area contributed by atoms with Gasteiger partial charge in [-0.3, -0.25) is 9.59 Å². The SMILES string of the molecule is O=C(O)CCC(=O)Nc1ccccc1NC1CCCC1. The van der Waals surface area contributed by atoms with Crippen LogP contribution in [0.5, 0.6) is 0 Å². The van der Waals surface area contributed by atoms with Gasteiger partial charge in [0.1, 0.15) is 0 Å². The van der Waals surface area contributed by atoms with Gasteiger partial charge in [-0.1, -0.05) is 25.0 Å². The Morgan fingerprint density at radius 2 is 1.75 bits per heavy atom. The molecule has 20 heavy (non-hydrogen) atoms. The number of carboxylic acid groups (broad SMARTS) is 1. The van der Waals surface area contributed by atoms with Gasteiger partial charge in [-0.25, -0.2) is 0 Å². The molecule has 0 aromatic heterocycles. The van der Waals surface area contributed by atoms with E-state index < -0.39 is 5.97 Å². The smallest absolute Gasteiger partial charge is 0.303 e. The Balaban J connectivity index is 1.96. The van der Waals surface area contributed by atoms with Crippen LogP contribution >= 0.6 is 0 Å². The van der Waals surface area contributed by atoms with Gasteiger partial charge in [0.15, 0.2) is 0 Å². The van der Waals surface area contributed by atoms with Crippen molar-refractivity contribution in [2.75, 3.05) is 10.6 Å². The molecule has 108 valence electrons. The summed E-state index contributed by atoms with van der Waals surface area (Å²) in [6, 6.07) is 8.00. The maximum atomic E-state index is 11.7. The molecule has 0 spiro atoms. The van der Waals surface area contributed by atoms with Crippen LogP contribution in [0, 0.1) is 0 Å². The van der Waals surface area contributed by atoms with Crippen molar-refractivity contribution in [2.45, 2.75) is 44.6 Å². The largest absolute Gasteiger partial charge is 0.481 e. The summed E-state index contributed by atoms with van der Waals surface area (Å²) < 4.78 is 0. The van der Waals surface area contributed by atoms with Crippen LogP contribution in [0.2, 0.25) is 0 Å². The minimum atomic E-state index is -0.961. The second kappa shape index (κ2) is 6.93. The molecule has 0 saturated heterocycles. The monoisotopic (exact) mass is 276 g/mol. The summed E-state index contributed by atoms with van der Waals surface area (Å²) in [6.07, 6.45) is 4.63. The lowest BCUT2D eigenvalue weighted by atomic mass is 10.2. The Morgan fingerprint density at radius 1 is 1.10 bits per heavy atom. The Bertz CT molecular complexity index is 482. The molecule has 0 bridgehead atoms. The number of aliphatic carboxylic acids is 1. The molecule has 3 N–H and O–H groups in total. The van der Waals surface area contributed by atoms with E-state index in [1.54, 1.807) is 0 Å². The number of hydrogen-bond donors (Lipinski definition) is 3. The number of anilines is 2. The number of carbonyl (C=O) groups is 2. The molecule has 0 atom stereocenters. The van der Waals surface area contributed by atoms with Gasteiger partial charge in [0.25, 0.3) is 0 Å². The summed E-state index contributed by atoms with van der Waals surface area (Å²) in [7, 11) is 0. The van der Waals surface area contributed by atoms with Gasteiger partial charge in [-0.2, -0.15) is 0 Å². The van der Waals surface area contributed by atoms with Crippen molar-refractivity contribution in [3.05, 3.63) is 24.3 Å². The van der Waals surface area contributed by atoms with Crippen LogP contribution < -0.4 is 10.6 Å². The Hall–Kier alpha value is -2.04. The molecule has 1 amide bonds. The van der Waals surface area contributed by atoms with E-state index >= 15 is 0 Å². The molecule has 1 aromatic carbocycles. The number of carbonyl (C=O) groups excluding carboxylic acids is 1. The summed E-state index contributed by atoms with van der Waals surface area (Å²) in [5.74, 6) is -1.23. The lowest BCUT2D eigenvalue weighted by Gasteiger charge is -2.17. The van der Waals surface area contributed by atoms with Crippen molar-refractivity contribution in [1.29, 1.82) is 0 Å². The molecule has 0 radical (unpaired) electrons. The third kappa shape index (κ3) is 4.26. The third-order valence-electron chi connectivity index (χ3n) is 3.48. The molecule has 1 fully saturated rings. The van der Waals surface area contributed by atoms with Crippen LogP contribution in [0.3, 0.4) is 0 Å². The summed E-state index contributed by atoms with van der Waals surface area (Å²) in [5, 5.41) is 14.8. The molecule has 0 aliphatic heterocycles. The average molecular weight is 276 g/mol. The quantitative estimate of drug-likeness (QED) is 0.746. The zero-order valence-electron chi connectivity index (χ0n) is 11.4. The lowest BCUT2D eigenvalue weighted by Crippen LogP contribution is -2.18. The van der Waals surface area contributed by atoms with E-state index in [2.05, 4.69) is 10.6 Å². The van der Waals surface area contributed by atoms with Crippen molar-refractivity contribution in [1.82, 2.24) is 0 Å². The van der Waals surface area contributed by atoms with Crippen molar-refractivity contribution < 1.29 is 14.7 Å². The van der Waals surface area contributed by atoms with Gasteiger partial charge >= 0.3 is 5.97 Å². The molecule has 1 aliphatic carbocycles. The second-order valence-electron chi connectivity index (χ2n) is 5.11. The number of para-hydroxylation sites is 2. The van der Waals surface area contributed by atoms with E-state index in [1.165, 1.54) is 12.8 Å². The van der Waals surface area contributed by atoms with Crippen molar-refractivity contribution in [2.24, 2.45) is 0 Å². The molecule has 1 saturated carbocycles. The summed E-state index contributed by atoms with van der Waals surface area (Å²) in [5.41, 5.74) is 1.62. The second-order valence-corrected chi connectivity index (χ2v) is 5.11. The van der Waals surface area contributed by atoms with E-state index in [9.17, 15) is 9.59 Å². The normalized spacial score (nSPS) is 15.0. The standard InChI is InChI=1S/C15H20N2O3/c18-14(9-10-15(19)20)17-13-8-4-3-7-12(13)16-11-5-1-2-6-11/h3-4,7-8,11,16H,1-2,5-6,9-10H2,(H,17,18)(H,19,20). The molecular formula is C15H20N2O3. The predicted octanol–water partition coefficient (Wildman–Crippen LogP) is 2.84. The van der Waals surface area contributed by atoms with E-state index in [1.807, 2.05) is 24.3 Å². The summed E-state index contributed by atoms with van der Waals surface area (Å²) >= 11 is 0. The Kier molecular flexibility index (Phi) is 4.98. The molecular weight excluding hydrogens is 256 g/mol. The lowest BCUT2D eigenvalue weighted by molar-refractivity contribution is -0.138. The summed E-state index contributed by atoms with van der Waals surface area (Å²) in [4.78, 5) is 22.2. The number of hydrogen-bond acceptors (Lipinski definition) is 3. The predicted molar refractivity (Wildman–Crippen MR) is 77.8 cm³/mol. The van der Waals surface area contributed by atoms with Crippen molar-refractivity contribution in [3.63, 3.8) is 0 Å². The number of carboxylic acids is 1. The first kappa shape index (κ1) is 14.4. The molecule has 5 nitrogen and oxygen atoms in total. The first-order valence-electron chi connectivity index (χ1n) is 7.02. The maximum Gasteiger partial charge on any atom is 0.303 e. The van der Waals surface area contributed by atoms with Gasteiger partial charge in [0.2, 0.25) is 5.91 Å². The van der Waals surface area contributed by atoms with Gasteiger partial charge in [0.05, 0.1) is 17.8 Å². The van der Waals surface area contributed by atoms with E-state index in [4.69, 9.17) is 5.11 Å². The molecule has 1 aromatic rings. The highest BCUT2D eigenvalue weighted by Gasteiger charge is 2.16. The third-order valence-corrected chi connectivity index (χ3v) is 3.48. The van der Waals surface area contributed by atoms with Crippen LogP contribution in [0.15, 0.2) is 24.3 Å². The molecule has 5 heteroatoms. The first-order chi connectivity index (χ1) is 9.65. The first-order valence-corrected chi connectivity index (χ1v) is 7.02. The van der Waals surface area contributed by atoms with Gasteiger partial charge in [0, 0.05) is 12.5 Å². The number of benzene rings is 1. The minimum absolute atomic E-state index is 0.00685. The van der Waals surface area contributed by atoms with Gasteiger partial charge in [-0.05, 0) is 25.0 Å². The fourth-order valence-corrected chi connectivity index (χ4v) is 2.44. The molecule has 0 heterocycles.